The van der Waals surface area contributed by atoms with Crippen molar-refractivity contribution in [2.45, 2.75) is 32.5 Å². The van der Waals surface area contributed by atoms with Crippen molar-refractivity contribution in [3.05, 3.63) is 23.3 Å². The Balaban J connectivity index is 2.89. The summed E-state index contributed by atoms with van der Waals surface area (Å²) < 4.78 is 0. The second-order valence-electron chi connectivity index (χ2n) is 4.59. The van der Waals surface area contributed by atoms with E-state index in [2.05, 4.69) is 21.2 Å². The third-order valence-corrected chi connectivity index (χ3v) is 4.11. The molecule has 4 heteroatoms. The first kappa shape index (κ1) is 14.0. The van der Waals surface area contributed by atoms with Crippen LogP contribution in [0.4, 0.5) is 5.69 Å². The molecule has 1 atom stereocenters. The van der Waals surface area contributed by atoms with Crippen molar-refractivity contribution in [3.63, 3.8) is 0 Å². The van der Waals surface area contributed by atoms with Gasteiger partial charge in [0.25, 0.3) is 0 Å². The van der Waals surface area contributed by atoms with E-state index in [4.69, 9.17) is 0 Å². The molecule has 0 fully saturated rings. The molecule has 17 heavy (non-hydrogen) atoms. The van der Waals surface area contributed by atoms with Crippen molar-refractivity contribution < 1.29 is 9.90 Å². The molecule has 3 nitrogen and oxygen atoms in total. The number of halogens is 1. The first-order chi connectivity index (χ1) is 7.82. The van der Waals surface area contributed by atoms with Gasteiger partial charge in [-0.3, -0.25) is 4.79 Å². The van der Waals surface area contributed by atoms with Crippen LogP contribution in [0.3, 0.4) is 0 Å². The number of alkyl halides is 1. The minimum absolute atomic E-state index is 0.0619. The van der Waals surface area contributed by atoms with Gasteiger partial charge in [-0.15, -0.1) is 0 Å². The molecule has 0 aliphatic rings. The highest BCUT2D eigenvalue weighted by molar-refractivity contribution is 9.10. The molecule has 0 aliphatic heterocycles. The highest BCUT2D eigenvalue weighted by Gasteiger charge is 2.19. The number of aromatic hydroxyl groups is 1. The monoisotopic (exact) mass is 299 g/mol. The number of anilines is 1. The van der Waals surface area contributed by atoms with Gasteiger partial charge in [0.2, 0.25) is 5.91 Å². The second kappa shape index (κ2) is 5.54. The SMILES string of the molecule is Cc1cc(NC(=O)C(Br)C(C)C)c(C)cc1O. The standard InChI is InChI=1S/C13H18BrNO2/c1-7(2)12(14)13(17)15-10-5-9(4)11(16)6-8(10)3/h5-7,12,16H,1-4H3,(H,15,17). The molecule has 0 radical (unpaired) electrons. The van der Waals surface area contributed by atoms with Crippen LogP contribution in [0.15, 0.2) is 12.1 Å². The van der Waals surface area contributed by atoms with Crippen molar-refractivity contribution >= 4 is 27.5 Å². The van der Waals surface area contributed by atoms with Crippen LogP contribution in [0, 0.1) is 19.8 Å². The fraction of sp³-hybridized carbons (Fsp3) is 0.462. The molecule has 1 unspecified atom stereocenters. The smallest absolute Gasteiger partial charge is 0.238 e. The lowest BCUT2D eigenvalue weighted by atomic mass is 10.1. The maximum absolute atomic E-state index is 11.9. The Morgan fingerprint density at radius 2 is 1.88 bits per heavy atom. The summed E-state index contributed by atoms with van der Waals surface area (Å²) in [6.45, 7) is 7.62. The number of aryl methyl sites for hydroxylation is 2. The highest BCUT2D eigenvalue weighted by Crippen LogP contribution is 2.25. The van der Waals surface area contributed by atoms with E-state index in [9.17, 15) is 9.90 Å². The number of phenols is 1. The molecule has 0 bridgehead atoms. The number of rotatable bonds is 3. The maximum atomic E-state index is 11.9. The van der Waals surface area contributed by atoms with Gasteiger partial charge in [-0.2, -0.15) is 0 Å². The normalized spacial score (nSPS) is 12.6. The van der Waals surface area contributed by atoms with Crippen LogP contribution in [0.25, 0.3) is 0 Å². The van der Waals surface area contributed by atoms with Gasteiger partial charge in [-0.05, 0) is 43.0 Å². The summed E-state index contributed by atoms with van der Waals surface area (Å²) in [7, 11) is 0. The van der Waals surface area contributed by atoms with E-state index < -0.39 is 0 Å². The number of hydrogen-bond acceptors (Lipinski definition) is 2. The molecule has 0 saturated carbocycles. The first-order valence-electron chi connectivity index (χ1n) is 5.58. The van der Waals surface area contributed by atoms with Crippen molar-refractivity contribution in [2.75, 3.05) is 5.32 Å². The van der Waals surface area contributed by atoms with Gasteiger partial charge in [0.15, 0.2) is 0 Å². The number of benzene rings is 1. The van der Waals surface area contributed by atoms with Gasteiger partial charge < -0.3 is 10.4 Å². The molecule has 0 aromatic heterocycles. The Bertz CT molecular complexity index is 430. The van der Waals surface area contributed by atoms with Gasteiger partial charge in [0.1, 0.15) is 5.75 Å². The van der Waals surface area contributed by atoms with E-state index in [0.717, 1.165) is 16.8 Å². The molecule has 0 saturated heterocycles. The van der Waals surface area contributed by atoms with Gasteiger partial charge in [0.05, 0.1) is 4.83 Å². The summed E-state index contributed by atoms with van der Waals surface area (Å²) in [4.78, 5) is 11.7. The zero-order chi connectivity index (χ0) is 13.2. The molecule has 94 valence electrons. The average Bonchev–Trinajstić information content (AvgIpc) is 2.24. The fourth-order valence-electron chi connectivity index (χ4n) is 1.44. The minimum atomic E-state index is -0.212. The van der Waals surface area contributed by atoms with Crippen LogP contribution < -0.4 is 5.32 Å². The van der Waals surface area contributed by atoms with Gasteiger partial charge in [-0.1, -0.05) is 29.8 Å². The van der Waals surface area contributed by atoms with Gasteiger partial charge in [0, 0.05) is 5.69 Å². The molecular formula is C13H18BrNO2. The maximum Gasteiger partial charge on any atom is 0.238 e. The predicted molar refractivity (Wildman–Crippen MR) is 73.8 cm³/mol. The van der Waals surface area contributed by atoms with E-state index in [0.29, 0.717) is 0 Å². The molecule has 1 rings (SSSR count). The summed E-state index contributed by atoms with van der Waals surface area (Å²) in [5.41, 5.74) is 2.35. The van der Waals surface area contributed by atoms with E-state index in [1.165, 1.54) is 0 Å². The zero-order valence-corrected chi connectivity index (χ0v) is 12.1. The van der Waals surface area contributed by atoms with Crippen LogP contribution in [0.2, 0.25) is 0 Å². The number of nitrogens with one attached hydrogen (secondary N) is 1. The van der Waals surface area contributed by atoms with E-state index >= 15 is 0 Å². The minimum Gasteiger partial charge on any atom is -0.508 e. The van der Waals surface area contributed by atoms with E-state index in [-0.39, 0.29) is 22.4 Å². The molecular weight excluding hydrogens is 282 g/mol. The quantitative estimate of drug-likeness (QED) is 0.664. The topological polar surface area (TPSA) is 49.3 Å². The van der Waals surface area contributed by atoms with Crippen molar-refractivity contribution in [3.8, 4) is 5.75 Å². The third kappa shape index (κ3) is 3.46. The molecule has 1 aromatic carbocycles. The molecule has 0 spiro atoms. The summed E-state index contributed by atoms with van der Waals surface area (Å²) in [5.74, 6) is 0.418. The summed E-state index contributed by atoms with van der Waals surface area (Å²) in [6.07, 6.45) is 0. The predicted octanol–water partition coefficient (Wildman–Crippen LogP) is 3.37. The van der Waals surface area contributed by atoms with Crippen LogP contribution in [-0.2, 0) is 4.79 Å². The molecule has 1 amide bonds. The van der Waals surface area contributed by atoms with E-state index in [1.807, 2.05) is 20.8 Å². The van der Waals surface area contributed by atoms with Crippen molar-refractivity contribution in [1.82, 2.24) is 0 Å². The number of phenolic OH excluding ortho intramolecular Hbond substituents is 1. The summed E-state index contributed by atoms with van der Waals surface area (Å²) in [6, 6.07) is 3.44. The summed E-state index contributed by atoms with van der Waals surface area (Å²) >= 11 is 3.36. The van der Waals surface area contributed by atoms with Gasteiger partial charge >= 0.3 is 0 Å². The van der Waals surface area contributed by atoms with Gasteiger partial charge in [-0.25, -0.2) is 0 Å². The lowest BCUT2D eigenvalue weighted by molar-refractivity contribution is -0.116. The first-order valence-corrected chi connectivity index (χ1v) is 6.49. The Kier molecular flexibility index (Phi) is 4.57. The Morgan fingerprint density at radius 1 is 1.29 bits per heavy atom. The molecule has 0 aliphatic carbocycles. The number of carbonyl (C=O) groups excluding carboxylic acids is 1. The van der Waals surface area contributed by atoms with Crippen molar-refractivity contribution in [1.29, 1.82) is 0 Å². The zero-order valence-electron chi connectivity index (χ0n) is 10.5. The number of amides is 1. The molecule has 1 aromatic rings. The Labute approximate surface area is 110 Å². The van der Waals surface area contributed by atoms with Crippen LogP contribution >= 0.6 is 15.9 Å². The molecule has 2 N–H and O–H groups in total. The highest BCUT2D eigenvalue weighted by atomic mass is 79.9. The lowest BCUT2D eigenvalue weighted by Gasteiger charge is -2.16. The second-order valence-corrected chi connectivity index (χ2v) is 5.58. The Morgan fingerprint density at radius 3 is 2.41 bits per heavy atom. The van der Waals surface area contributed by atoms with Crippen molar-refractivity contribution in [2.24, 2.45) is 5.92 Å². The van der Waals surface area contributed by atoms with Crippen LogP contribution in [0.1, 0.15) is 25.0 Å². The summed E-state index contributed by atoms with van der Waals surface area (Å²) in [5, 5.41) is 12.4. The average molecular weight is 300 g/mol. The van der Waals surface area contributed by atoms with Crippen LogP contribution in [-0.4, -0.2) is 15.8 Å². The van der Waals surface area contributed by atoms with E-state index in [1.54, 1.807) is 19.1 Å². The lowest BCUT2D eigenvalue weighted by Crippen LogP contribution is -2.27. The number of carbonyl (C=O) groups is 1. The molecule has 0 heterocycles. The van der Waals surface area contributed by atoms with Crippen LogP contribution in [0.5, 0.6) is 5.75 Å². The Hall–Kier alpha value is -1.03. The number of hydrogen-bond donors (Lipinski definition) is 2. The fourth-order valence-corrected chi connectivity index (χ4v) is 1.55. The third-order valence-electron chi connectivity index (χ3n) is 2.64. The largest absolute Gasteiger partial charge is 0.508 e.